The summed E-state index contributed by atoms with van der Waals surface area (Å²) in [5, 5.41) is 3.21. The molecule has 2 aliphatic rings. The summed E-state index contributed by atoms with van der Waals surface area (Å²) in [7, 11) is 3.48. The van der Waals surface area contributed by atoms with Gasteiger partial charge in [0.05, 0.1) is 6.54 Å². The summed E-state index contributed by atoms with van der Waals surface area (Å²) in [6.07, 6.45) is 4.08. The van der Waals surface area contributed by atoms with E-state index in [-0.39, 0.29) is 17.9 Å². The number of hydrogen-bond donors (Lipinski definition) is 1. The predicted octanol–water partition coefficient (Wildman–Crippen LogP) is -0.182. The zero-order chi connectivity index (χ0) is 12.4. The molecular weight excluding hydrogens is 218 g/mol. The maximum absolute atomic E-state index is 12.0. The fourth-order valence-electron chi connectivity index (χ4n) is 2.24. The van der Waals surface area contributed by atoms with Crippen LogP contribution in [-0.4, -0.2) is 60.9 Å². The molecule has 0 aromatic rings. The minimum Gasteiger partial charge on any atom is -0.347 e. The highest BCUT2D eigenvalue weighted by atomic mass is 16.2. The number of carbonyl (C=O) groups excluding carboxylic acids is 2. The molecule has 5 heteroatoms. The van der Waals surface area contributed by atoms with Gasteiger partial charge in [0.1, 0.15) is 6.04 Å². The van der Waals surface area contributed by atoms with Gasteiger partial charge in [-0.25, -0.2) is 0 Å². The van der Waals surface area contributed by atoms with E-state index in [1.54, 1.807) is 23.9 Å². The van der Waals surface area contributed by atoms with Gasteiger partial charge in [-0.3, -0.25) is 9.59 Å². The number of nitrogens with zero attached hydrogens (tertiary/aromatic N) is 2. The summed E-state index contributed by atoms with van der Waals surface area (Å²) >= 11 is 0. The van der Waals surface area contributed by atoms with Crippen molar-refractivity contribution in [2.24, 2.45) is 0 Å². The second kappa shape index (κ2) is 5.04. The largest absolute Gasteiger partial charge is 0.347 e. The molecule has 1 N–H and O–H groups in total. The lowest BCUT2D eigenvalue weighted by Gasteiger charge is -2.26. The first kappa shape index (κ1) is 12.4. The fourth-order valence-corrected chi connectivity index (χ4v) is 2.24. The molecule has 0 radical (unpaired) electrons. The van der Waals surface area contributed by atoms with Crippen LogP contribution in [-0.2, 0) is 9.59 Å². The standard InChI is InChI=1S/C12H21N3O2/c1-14(2)12(17)10-4-3-7-15(10)11(16)8-13-9-5-6-9/h9-10,13H,3-8H2,1-2H3. The summed E-state index contributed by atoms with van der Waals surface area (Å²) in [6, 6.07) is 0.294. The molecule has 1 saturated carbocycles. The summed E-state index contributed by atoms with van der Waals surface area (Å²) in [4.78, 5) is 27.2. The highest BCUT2D eigenvalue weighted by Gasteiger charge is 2.35. The van der Waals surface area contributed by atoms with Crippen LogP contribution in [0.3, 0.4) is 0 Å². The molecule has 5 nitrogen and oxygen atoms in total. The Morgan fingerprint density at radius 2 is 2.00 bits per heavy atom. The quantitative estimate of drug-likeness (QED) is 0.740. The summed E-state index contributed by atoms with van der Waals surface area (Å²) in [5.74, 6) is 0.108. The van der Waals surface area contributed by atoms with E-state index in [9.17, 15) is 9.59 Å². The Hall–Kier alpha value is -1.10. The fraction of sp³-hybridized carbons (Fsp3) is 0.833. The molecule has 1 saturated heterocycles. The molecule has 0 spiro atoms. The van der Waals surface area contributed by atoms with Crippen molar-refractivity contribution in [3.8, 4) is 0 Å². The van der Waals surface area contributed by atoms with Crippen molar-refractivity contribution in [3.05, 3.63) is 0 Å². The first-order chi connectivity index (χ1) is 8.09. The molecule has 96 valence electrons. The second-order valence-corrected chi connectivity index (χ2v) is 5.13. The van der Waals surface area contributed by atoms with E-state index in [4.69, 9.17) is 0 Å². The van der Waals surface area contributed by atoms with E-state index < -0.39 is 0 Å². The molecular formula is C12H21N3O2. The molecule has 0 aromatic carbocycles. The van der Waals surface area contributed by atoms with Crippen LogP contribution < -0.4 is 5.32 Å². The van der Waals surface area contributed by atoms with Gasteiger partial charge in [0, 0.05) is 26.7 Å². The molecule has 0 bridgehead atoms. The number of rotatable bonds is 4. The maximum Gasteiger partial charge on any atom is 0.244 e. The van der Waals surface area contributed by atoms with E-state index in [0.29, 0.717) is 12.6 Å². The predicted molar refractivity (Wildman–Crippen MR) is 64.5 cm³/mol. The average molecular weight is 239 g/mol. The number of carbonyl (C=O) groups is 2. The lowest BCUT2D eigenvalue weighted by atomic mass is 10.2. The summed E-state index contributed by atoms with van der Waals surface area (Å²) < 4.78 is 0. The van der Waals surface area contributed by atoms with Crippen molar-refractivity contribution in [1.29, 1.82) is 0 Å². The van der Waals surface area contributed by atoms with Crippen LogP contribution in [0, 0.1) is 0 Å². The normalized spacial score (nSPS) is 23.9. The Labute approximate surface area is 102 Å². The minimum absolute atomic E-state index is 0.0438. The van der Waals surface area contributed by atoms with Crippen LogP contribution in [0.15, 0.2) is 0 Å². The van der Waals surface area contributed by atoms with E-state index in [1.807, 2.05) is 0 Å². The highest BCUT2D eigenvalue weighted by Crippen LogP contribution is 2.20. The number of amides is 2. The third-order valence-corrected chi connectivity index (χ3v) is 3.42. The van der Waals surface area contributed by atoms with Crippen molar-refractivity contribution >= 4 is 11.8 Å². The van der Waals surface area contributed by atoms with Crippen LogP contribution in [0.1, 0.15) is 25.7 Å². The molecule has 0 aromatic heterocycles. The third-order valence-electron chi connectivity index (χ3n) is 3.42. The maximum atomic E-state index is 12.0. The lowest BCUT2D eigenvalue weighted by molar-refractivity contribution is -0.141. The molecule has 1 heterocycles. The molecule has 1 unspecified atom stereocenters. The zero-order valence-electron chi connectivity index (χ0n) is 10.6. The topological polar surface area (TPSA) is 52.7 Å². The minimum atomic E-state index is -0.237. The Kier molecular flexibility index (Phi) is 3.66. The molecule has 17 heavy (non-hydrogen) atoms. The molecule has 2 rings (SSSR count). The van der Waals surface area contributed by atoms with E-state index in [2.05, 4.69) is 5.32 Å². The summed E-state index contributed by atoms with van der Waals surface area (Å²) in [6.45, 7) is 1.09. The van der Waals surface area contributed by atoms with Crippen LogP contribution in [0.2, 0.25) is 0 Å². The van der Waals surface area contributed by atoms with Gasteiger partial charge >= 0.3 is 0 Å². The van der Waals surface area contributed by atoms with Crippen LogP contribution in [0.25, 0.3) is 0 Å². The Morgan fingerprint density at radius 3 is 2.59 bits per heavy atom. The number of hydrogen-bond acceptors (Lipinski definition) is 3. The van der Waals surface area contributed by atoms with Crippen LogP contribution >= 0.6 is 0 Å². The van der Waals surface area contributed by atoms with Crippen molar-refractivity contribution in [3.63, 3.8) is 0 Å². The van der Waals surface area contributed by atoms with Crippen molar-refractivity contribution in [1.82, 2.24) is 15.1 Å². The molecule has 2 amide bonds. The van der Waals surface area contributed by atoms with Crippen LogP contribution in [0.4, 0.5) is 0 Å². The van der Waals surface area contributed by atoms with Crippen LogP contribution in [0.5, 0.6) is 0 Å². The van der Waals surface area contributed by atoms with Gasteiger partial charge in [-0.15, -0.1) is 0 Å². The summed E-state index contributed by atoms with van der Waals surface area (Å²) in [5.41, 5.74) is 0. The SMILES string of the molecule is CN(C)C(=O)C1CCCN1C(=O)CNC1CC1. The van der Waals surface area contributed by atoms with Gasteiger partial charge in [0.2, 0.25) is 11.8 Å². The molecule has 2 fully saturated rings. The van der Waals surface area contributed by atoms with E-state index in [0.717, 1.165) is 19.4 Å². The zero-order valence-corrected chi connectivity index (χ0v) is 10.6. The van der Waals surface area contributed by atoms with Gasteiger partial charge in [-0.05, 0) is 25.7 Å². The second-order valence-electron chi connectivity index (χ2n) is 5.13. The van der Waals surface area contributed by atoms with E-state index >= 15 is 0 Å². The molecule has 1 aliphatic heterocycles. The van der Waals surface area contributed by atoms with E-state index in [1.165, 1.54) is 12.8 Å². The Balaban J connectivity index is 1.88. The van der Waals surface area contributed by atoms with Gasteiger partial charge in [0.15, 0.2) is 0 Å². The van der Waals surface area contributed by atoms with Gasteiger partial charge in [0.25, 0.3) is 0 Å². The molecule has 1 atom stereocenters. The van der Waals surface area contributed by atoms with Gasteiger partial charge < -0.3 is 15.1 Å². The third kappa shape index (κ3) is 2.97. The van der Waals surface area contributed by atoms with Crippen molar-refractivity contribution in [2.75, 3.05) is 27.2 Å². The number of likely N-dealkylation sites (tertiary alicyclic amines) is 1. The number of likely N-dealkylation sites (N-methyl/N-ethyl adjacent to an activating group) is 1. The first-order valence-corrected chi connectivity index (χ1v) is 6.33. The smallest absolute Gasteiger partial charge is 0.244 e. The lowest BCUT2D eigenvalue weighted by Crippen LogP contribution is -2.48. The Morgan fingerprint density at radius 1 is 1.29 bits per heavy atom. The molecule has 1 aliphatic carbocycles. The van der Waals surface area contributed by atoms with Crippen molar-refractivity contribution in [2.45, 2.75) is 37.8 Å². The first-order valence-electron chi connectivity index (χ1n) is 6.33. The monoisotopic (exact) mass is 239 g/mol. The van der Waals surface area contributed by atoms with Gasteiger partial charge in [-0.2, -0.15) is 0 Å². The highest BCUT2D eigenvalue weighted by molar-refractivity contribution is 5.88. The number of nitrogens with one attached hydrogen (secondary N) is 1. The Bertz CT molecular complexity index is 313. The average Bonchev–Trinajstić information content (AvgIpc) is 3.00. The van der Waals surface area contributed by atoms with Crippen molar-refractivity contribution < 1.29 is 9.59 Å². The van der Waals surface area contributed by atoms with Gasteiger partial charge in [-0.1, -0.05) is 0 Å².